The van der Waals surface area contributed by atoms with Crippen LogP contribution in [0.5, 0.6) is 5.75 Å². The molecule has 0 N–H and O–H groups in total. The lowest BCUT2D eigenvalue weighted by atomic mass is 9.72. The summed E-state index contributed by atoms with van der Waals surface area (Å²) in [6.45, 7) is 1.99. The first-order valence-corrected chi connectivity index (χ1v) is 11.0. The number of ether oxygens (including phenoxy) is 1. The second kappa shape index (κ2) is 7.17. The molecule has 4 aromatic carbocycles. The number of anilines is 1. The fraction of sp³-hybridized carbons (Fsp3) is 0.103. The lowest BCUT2D eigenvalue weighted by Gasteiger charge is -2.37. The summed E-state index contributed by atoms with van der Waals surface area (Å²) in [5.74, 6) is -0.720. The maximum atomic E-state index is 13.9. The van der Waals surface area contributed by atoms with Crippen LogP contribution in [-0.4, -0.2) is 11.9 Å². The number of hydrogen-bond acceptors (Lipinski definition) is 3. The summed E-state index contributed by atoms with van der Waals surface area (Å²) in [6, 6.07) is 32.5. The van der Waals surface area contributed by atoms with E-state index in [1.165, 1.54) is 0 Å². The molecule has 2 aliphatic heterocycles. The SMILES string of the molecule is Cc1ccc(OC(=O)[C@@H]2c3ccccc3N3C(=O)c4ccccc4[C@]23c2ccccc2)cc1. The van der Waals surface area contributed by atoms with Gasteiger partial charge in [0.25, 0.3) is 5.91 Å². The lowest BCUT2D eigenvalue weighted by Crippen LogP contribution is -2.47. The van der Waals surface area contributed by atoms with Gasteiger partial charge in [0.15, 0.2) is 0 Å². The molecule has 2 aliphatic rings. The average molecular weight is 431 g/mol. The van der Waals surface area contributed by atoms with Gasteiger partial charge in [-0.05, 0) is 47.9 Å². The molecule has 6 rings (SSSR count). The summed E-state index contributed by atoms with van der Waals surface area (Å²) >= 11 is 0. The van der Waals surface area contributed by atoms with Crippen molar-refractivity contribution in [1.29, 1.82) is 0 Å². The minimum atomic E-state index is -1.01. The van der Waals surface area contributed by atoms with E-state index in [0.29, 0.717) is 11.3 Å². The fourth-order valence-electron chi connectivity index (χ4n) is 5.37. The highest BCUT2D eigenvalue weighted by Gasteiger charge is 2.64. The van der Waals surface area contributed by atoms with Gasteiger partial charge >= 0.3 is 5.97 Å². The number of benzene rings is 4. The first-order valence-electron chi connectivity index (χ1n) is 11.0. The summed E-state index contributed by atoms with van der Waals surface area (Å²) < 4.78 is 5.94. The quantitative estimate of drug-likeness (QED) is 0.313. The van der Waals surface area contributed by atoms with E-state index in [1.54, 1.807) is 17.0 Å². The molecule has 4 heteroatoms. The summed E-state index contributed by atoms with van der Waals surface area (Å²) in [4.78, 5) is 29.5. The Hall–Kier alpha value is -4.18. The van der Waals surface area contributed by atoms with Crippen LogP contribution in [0.4, 0.5) is 5.69 Å². The predicted octanol–water partition coefficient (Wildman–Crippen LogP) is 5.60. The van der Waals surface area contributed by atoms with Gasteiger partial charge in [-0.3, -0.25) is 14.5 Å². The van der Waals surface area contributed by atoms with E-state index in [9.17, 15) is 9.59 Å². The zero-order chi connectivity index (χ0) is 22.6. The van der Waals surface area contributed by atoms with Gasteiger partial charge in [0, 0.05) is 11.3 Å². The van der Waals surface area contributed by atoms with Crippen molar-refractivity contribution in [1.82, 2.24) is 0 Å². The number of para-hydroxylation sites is 1. The van der Waals surface area contributed by atoms with Gasteiger partial charge in [-0.25, -0.2) is 0 Å². The van der Waals surface area contributed by atoms with E-state index in [0.717, 1.165) is 27.9 Å². The minimum Gasteiger partial charge on any atom is -0.426 e. The van der Waals surface area contributed by atoms with Crippen molar-refractivity contribution >= 4 is 17.6 Å². The van der Waals surface area contributed by atoms with E-state index < -0.39 is 11.5 Å². The molecule has 1 amide bonds. The van der Waals surface area contributed by atoms with Gasteiger partial charge in [-0.15, -0.1) is 0 Å². The topological polar surface area (TPSA) is 46.6 Å². The highest BCUT2D eigenvalue weighted by atomic mass is 16.5. The number of carbonyl (C=O) groups is 2. The van der Waals surface area contributed by atoms with Gasteiger partial charge in [-0.2, -0.15) is 0 Å². The molecule has 0 radical (unpaired) electrons. The molecule has 0 spiro atoms. The van der Waals surface area contributed by atoms with Gasteiger partial charge in [-0.1, -0.05) is 84.4 Å². The van der Waals surface area contributed by atoms with Crippen LogP contribution < -0.4 is 9.64 Å². The third kappa shape index (κ3) is 2.64. The molecule has 0 aromatic heterocycles. The molecule has 33 heavy (non-hydrogen) atoms. The molecule has 0 saturated carbocycles. The second-order valence-corrected chi connectivity index (χ2v) is 8.54. The number of fused-ring (bicyclic) bond motifs is 5. The number of nitrogens with zero attached hydrogens (tertiary/aromatic N) is 1. The van der Waals surface area contributed by atoms with Crippen molar-refractivity contribution < 1.29 is 14.3 Å². The standard InChI is InChI=1S/C29H21NO3/c1-19-15-17-21(18-16-19)33-28(32)26-23-12-6-8-14-25(23)30-27(31)22-11-5-7-13-24(22)29(26,30)20-9-3-2-4-10-20/h2-18,26H,1H3/t26-,29+/m0/s1. The van der Waals surface area contributed by atoms with E-state index in [-0.39, 0.29) is 11.9 Å². The van der Waals surface area contributed by atoms with Crippen LogP contribution in [-0.2, 0) is 10.3 Å². The van der Waals surface area contributed by atoms with E-state index in [2.05, 4.69) is 0 Å². The third-order valence-electron chi connectivity index (χ3n) is 6.72. The Balaban J connectivity index is 1.62. The molecule has 0 unspecified atom stereocenters. The van der Waals surface area contributed by atoms with Crippen molar-refractivity contribution in [3.63, 3.8) is 0 Å². The maximum Gasteiger partial charge on any atom is 0.322 e. The van der Waals surface area contributed by atoms with Gasteiger partial charge in [0.1, 0.15) is 17.2 Å². The van der Waals surface area contributed by atoms with E-state index in [4.69, 9.17) is 4.74 Å². The number of hydrogen-bond donors (Lipinski definition) is 0. The molecule has 2 atom stereocenters. The van der Waals surface area contributed by atoms with Gasteiger partial charge in [0.2, 0.25) is 0 Å². The monoisotopic (exact) mass is 431 g/mol. The Labute approximate surface area is 192 Å². The van der Waals surface area contributed by atoms with Crippen LogP contribution in [0.15, 0.2) is 103 Å². The smallest absolute Gasteiger partial charge is 0.322 e. The highest BCUT2D eigenvalue weighted by molar-refractivity contribution is 6.16. The molecule has 0 fully saturated rings. The Morgan fingerprint density at radius 1 is 0.818 bits per heavy atom. The Morgan fingerprint density at radius 2 is 1.48 bits per heavy atom. The number of amides is 1. The van der Waals surface area contributed by atoms with Crippen LogP contribution in [0.1, 0.15) is 38.5 Å². The molecular weight excluding hydrogens is 410 g/mol. The molecule has 0 saturated heterocycles. The third-order valence-corrected chi connectivity index (χ3v) is 6.72. The van der Waals surface area contributed by atoms with E-state index >= 15 is 0 Å². The highest BCUT2D eigenvalue weighted by Crippen LogP contribution is 2.61. The molecule has 4 nitrogen and oxygen atoms in total. The first-order chi connectivity index (χ1) is 16.1. The normalized spacial score (nSPS) is 20.2. The number of carbonyl (C=O) groups excluding carboxylic acids is 2. The first kappa shape index (κ1) is 19.5. The summed E-state index contributed by atoms with van der Waals surface area (Å²) in [6.07, 6.45) is 0. The second-order valence-electron chi connectivity index (χ2n) is 8.54. The van der Waals surface area contributed by atoms with Crippen LogP contribution in [0, 0.1) is 6.92 Å². The molecule has 0 aliphatic carbocycles. The fourth-order valence-corrected chi connectivity index (χ4v) is 5.37. The minimum absolute atomic E-state index is 0.104. The van der Waals surface area contributed by atoms with Crippen molar-refractivity contribution in [3.8, 4) is 5.75 Å². The van der Waals surface area contributed by atoms with Crippen molar-refractivity contribution in [2.75, 3.05) is 4.90 Å². The molecular formula is C29H21NO3. The molecule has 2 heterocycles. The Bertz CT molecular complexity index is 1390. The van der Waals surface area contributed by atoms with Crippen LogP contribution in [0.3, 0.4) is 0 Å². The predicted molar refractivity (Wildman–Crippen MR) is 126 cm³/mol. The zero-order valence-corrected chi connectivity index (χ0v) is 18.1. The zero-order valence-electron chi connectivity index (χ0n) is 18.1. The number of aryl methyl sites for hydroxylation is 1. The largest absolute Gasteiger partial charge is 0.426 e. The molecule has 0 bridgehead atoms. The maximum absolute atomic E-state index is 13.9. The molecule has 160 valence electrons. The van der Waals surface area contributed by atoms with Crippen molar-refractivity contribution in [2.24, 2.45) is 0 Å². The van der Waals surface area contributed by atoms with Crippen LogP contribution in [0.25, 0.3) is 0 Å². The summed E-state index contributed by atoms with van der Waals surface area (Å²) in [5.41, 5.74) is 3.93. The number of rotatable bonds is 3. The molecule has 4 aromatic rings. The van der Waals surface area contributed by atoms with Gasteiger partial charge in [0.05, 0.1) is 0 Å². The Morgan fingerprint density at radius 3 is 2.27 bits per heavy atom. The lowest BCUT2D eigenvalue weighted by molar-refractivity contribution is -0.137. The van der Waals surface area contributed by atoms with Gasteiger partial charge < -0.3 is 4.74 Å². The van der Waals surface area contributed by atoms with Crippen molar-refractivity contribution in [2.45, 2.75) is 18.4 Å². The summed E-state index contributed by atoms with van der Waals surface area (Å²) in [5, 5.41) is 0. The number of esters is 1. The Kier molecular flexibility index (Phi) is 4.24. The van der Waals surface area contributed by atoms with Crippen molar-refractivity contribution in [3.05, 3.63) is 131 Å². The van der Waals surface area contributed by atoms with Crippen LogP contribution in [0.2, 0.25) is 0 Å². The average Bonchev–Trinajstić information content (AvgIpc) is 3.30. The van der Waals surface area contributed by atoms with E-state index in [1.807, 2.05) is 97.9 Å². The summed E-state index contributed by atoms with van der Waals surface area (Å²) in [7, 11) is 0. The van der Waals surface area contributed by atoms with Crippen LogP contribution >= 0.6 is 0 Å².